The zero-order valence-corrected chi connectivity index (χ0v) is 18.9. The molecule has 2 N–H and O–H groups in total. The van der Waals surface area contributed by atoms with Gasteiger partial charge >= 0.3 is 5.97 Å². The molecule has 7 nitrogen and oxygen atoms in total. The molecule has 3 aromatic carbocycles. The first-order chi connectivity index (χ1) is 16.4. The van der Waals surface area contributed by atoms with Gasteiger partial charge in [-0.25, -0.2) is 4.79 Å². The van der Waals surface area contributed by atoms with Crippen LogP contribution in [0.1, 0.15) is 21.6 Å². The molecule has 1 heterocycles. The molecule has 0 bridgehead atoms. The maximum atomic E-state index is 12.8. The van der Waals surface area contributed by atoms with Crippen LogP contribution in [0.3, 0.4) is 0 Å². The van der Waals surface area contributed by atoms with Crippen LogP contribution in [-0.4, -0.2) is 35.9 Å². The van der Waals surface area contributed by atoms with Gasteiger partial charge in [0.2, 0.25) is 0 Å². The number of hydrogen-bond acceptors (Lipinski definition) is 5. The van der Waals surface area contributed by atoms with Crippen molar-refractivity contribution in [3.8, 4) is 16.9 Å². The molecule has 0 atom stereocenters. The van der Waals surface area contributed by atoms with Crippen LogP contribution in [0.5, 0.6) is 5.75 Å². The first-order valence-electron chi connectivity index (χ1n) is 10.7. The number of primary amides is 1. The molecule has 0 saturated carbocycles. The number of ether oxygens (including phenoxy) is 2. The Morgan fingerprint density at radius 2 is 1.56 bits per heavy atom. The fraction of sp³-hybridized carbons (Fsp3) is 0.148. The summed E-state index contributed by atoms with van der Waals surface area (Å²) in [5.74, 6) is -2.13. The molecule has 0 unspecified atom stereocenters. The highest BCUT2D eigenvalue weighted by Gasteiger charge is 2.26. The molecule has 0 saturated heterocycles. The molecule has 0 aliphatic heterocycles. The predicted octanol–water partition coefficient (Wildman–Crippen LogP) is 3.88. The number of hydrogen-bond donors (Lipinski definition) is 1. The van der Waals surface area contributed by atoms with Gasteiger partial charge in [-0.05, 0) is 35.7 Å². The van der Waals surface area contributed by atoms with Crippen LogP contribution in [0.2, 0.25) is 0 Å². The lowest BCUT2D eigenvalue weighted by molar-refractivity contribution is -0.142. The van der Waals surface area contributed by atoms with E-state index in [9.17, 15) is 14.4 Å². The van der Waals surface area contributed by atoms with E-state index in [-0.39, 0.29) is 12.2 Å². The van der Waals surface area contributed by atoms with Gasteiger partial charge in [-0.15, -0.1) is 0 Å². The molecule has 1 amide bonds. The minimum atomic E-state index is -1.06. The van der Waals surface area contributed by atoms with Gasteiger partial charge in [0.05, 0.1) is 23.6 Å². The number of aromatic nitrogens is 1. The lowest BCUT2D eigenvalue weighted by Crippen LogP contribution is -2.24. The lowest BCUT2D eigenvalue weighted by Gasteiger charge is -2.11. The van der Waals surface area contributed by atoms with Crippen molar-refractivity contribution in [2.45, 2.75) is 13.5 Å². The number of methoxy groups -OCH3 is 1. The minimum Gasteiger partial charge on any atom is -0.481 e. The molecule has 0 fully saturated rings. The van der Waals surface area contributed by atoms with Crippen molar-refractivity contribution in [2.75, 3.05) is 13.7 Å². The Morgan fingerprint density at radius 1 is 0.882 bits per heavy atom. The smallest absolute Gasteiger partial charge is 0.343 e. The molecule has 34 heavy (non-hydrogen) atoms. The highest BCUT2D eigenvalue weighted by Crippen LogP contribution is 2.35. The Hall–Kier alpha value is -4.39. The second-order valence-electron chi connectivity index (χ2n) is 7.82. The molecule has 4 aromatic rings. The maximum Gasteiger partial charge on any atom is 0.343 e. The molecule has 0 radical (unpaired) electrons. The number of amides is 1. The van der Waals surface area contributed by atoms with Crippen molar-refractivity contribution in [3.63, 3.8) is 0 Å². The largest absolute Gasteiger partial charge is 0.481 e. The van der Waals surface area contributed by atoms with Crippen molar-refractivity contribution in [2.24, 2.45) is 5.73 Å². The quantitative estimate of drug-likeness (QED) is 0.246. The number of benzene rings is 3. The average molecular weight is 456 g/mol. The second-order valence-corrected chi connectivity index (χ2v) is 7.82. The minimum absolute atomic E-state index is 0.170. The van der Waals surface area contributed by atoms with Gasteiger partial charge in [-0.3, -0.25) is 9.59 Å². The number of rotatable bonds is 8. The zero-order chi connectivity index (χ0) is 24.2. The van der Waals surface area contributed by atoms with Gasteiger partial charge < -0.3 is 19.8 Å². The predicted molar refractivity (Wildman–Crippen MR) is 129 cm³/mol. The number of esters is 1. The summed E-state index contributed by atoms with van der Waals surface area (Å²) in [4.78, 5) is 36.2. The van der Waals surface area contributed by atoms with Crippen LogP contribution >= 0.6 is 0 Å². The normalized spacial score (nSPS) is 10.8. The second kappa shape index (κ2) is 9.62. The SMILES string of the molecule is COC(=O)COc1cccc2c1c(C(=O)C(N)=O)c(C)n2Cc1ccc(-c2ccccc2)cc1. The summed E-state index contributed by atoms with van der Waals surface area (Å²) in [6, 6.07) is 23.5. The van der Waals surface area contributed by atoms with Gasteiger partial charge in [0.15, 0.2) is 6.61 Å². The number of Topliss-reactive ketones (excluding diaryl/α,β-unsaturated/α-hetero) is 1. The summed E-state index contributed by atoms with van der Waals surface area (Å²) < 4.78 is 12.2. The number of nitrogens with two attached hydrogens (primary N) is 1. The van der Waals surface area contributed by atoms with Gasteiger partial charge in [-0.2, -0.15) is 0 Å². The number of fused-ring (bicyclic) bond motifs is 1. The third-order valence-electron chi connectivity index (χ3n) is 5.74. The molecule has 7 heteroatoms. The molecule has 1 aromatic heterocycles. The van der Waals surface area contributed by atoms with Crippen molar-refractivity contribution in [3.05, 3.63) is 89.6 Å². The zero-order valence-electron chi connectivity index (χ0n) is 18.9. The van der Waals surface area contributed by atoms with E-state index in [0.717, 1.165) is 16.7 Å². The lowest BCUT2D eigenvalue weighted by atomic mass is 10.0. The Bertz CT molecular complexity index is 1370. The fourth-order valence-electron chi connectivity index (χ4n) is 4.03. The van der Waals surface area contributed by atoms with E-state index >= 15 is 0 Å². The third-order valence-corrected chi connectivity index (χ3v) is 5.74. The first-order valence-corrected chi connectivity index (χ1v) is 10.7. The molecule has 0 spiro atoms. The van der Waals surface area contributed by atoms with Crippen molar-refractivity contribution in [1.29, 1.82) is 0 Å². The van der Waals surface area contributed by atoms with Gasteiger partial charge in [-0.1, -0.05) is 60.7 Å². The maximum absolute atomic E-state index is 12.8. The summed E-state index contributed by atoms with van der Waals surface area (Å²) in [6.07, 6.45) is 0. The molecular formula is C27H24N2O5. The van der Waals surface area contributed by atoms with Gasteiger partial charge in [0.25, 0.3) is 11.7 Å². The van der Waals surface area contributed by atoms with E-state index < -0.39 is 17.7 Å². The molecule has 4 rings (SSSR count). The number of ketones is 1. The summed E-state index contributed by atoms with van der Waals surface area (Å²) in [5, 5.41) is 0.439. The van der Waals surface area contributed by atoms with E-state index in [0.29, 0.717) is 28.9 Å². The van der Waals surface area contributed by atoms with Crippen molar-refractivity contribution < 1.29 is 23.9 Å². The van der Waals surface area contributed by atoms with Gasteiger partial charge in [0, 0.05) is 12.2 Å². The van der Waals surface area contributed by atoms with E-state index in [1.54, 1.807) is 19.1 Å². The standard InChI is InChI=1S/C27H24N2O5/c1-17-24(26(31)27(28)32)25-21(9-6-10-22(25)34-16-23(30)33-2)29(17)15-18-11-13-20(14-12-18)19-7-4-3-5-8-19/h3-14H,15-16H2,1-2H3,(H2,28,32). The third kappa shape index (κ3) is 4.41. The summed E-state index contributed by atoms with van der Waals surface area (Å²) in [6.45, 7) is 1.90. The Labute approximate surface area is 196 Å². The van der Waals surface area contributed by atoms with E-state index in [4.69, 9.17) is 10.5 Å². The summed E-state index contributed by atoms with van der Waals surface area (Å²) in [5.41, 5.74) is 10.0. The van der Waals surface area contributed by atoms with E-state index in [1.165, 1.54) is 7.11 Å². The topological polar surface area (TPSA) is 101 Å². The van der Waals surface area contributed by atoms with Crippen LogP contribution < -0.4 is 10.5 Å². The molecule has 172 valence electrons. The summed E-state index contributed by atoms with van der Waals surface area (Å²) >= 11 is 0. The Kier molecular flexibility index (Phi) is 6.45. The average Bonchev–Trinajstić information content (AvgIpc) is 3.14. The number of nitrogens with zero attached hydrogens (tertiary/aromatic N) is 1. The monoisotopic (exact) mass is 456 g/mol. The Balaban J connectivity index is 1.77. The molecular weight excluding hydrogens is 432 g/mol. The molecule has 0 aliphatic rings. The van der Waals surface area contributed by atoms with Crippen LogP contribution in [0, 0.1) is 6.92 Å². The van der Waals surface area contributed by atoms with E-state index in [2.05, 4.69) is 16.9 Å². The highest BCUT2D eigenvalue weighted by atomic mass is 16.6. The van der Waals surface area contributed by atoms with E-state index in [1.807, 2.05) is 53.1 Å². The fourth-order valence-corrected chi connectivity index (χ4v) is 4.03. The first kappa shape index (κ1) is 22.8. The van der Waals surface area contributed by atoms with Crippen LogP contribution in [0.4, 0.5) is 0 Å². The van der Waals surface area contributed by atoms with Crippen molar-refractivity contribution >= 4 is 28.6 Å². The number of carbonyl (C=O) groups excluding carboxylic acids is 3. The van der Waals surface area contributed by atoms with Crippen molar-refractivity contribution in [1.82, 2.24) is 4.57 Å². The van der Waals surface area contributed by atoms with Crippen LogP contribution in [0.25, 0.3) is 22.0 Å². The summed E-state index contributed by atoms with van der Waals surface area (Å²) in [7, 11) is 1.26. The van der Waals surface area contributed by atoms with Crippen LogP contribution in [0.15, 0.2) is 72.8 Å². The highest BCUT2D eigenvalue weighted by molar-refractivity contribution is 6.45. The molecule has 0 aliphatic carbocycles. The van der Waals surface area contributed by atoms with Crippen LogP contribution in [-0.2, 0) is 20.9 Å². The Morgan fingerprint density at radius 3 is 2.21 bits per heavy atom. The van der Waals surface area contributed by atoms with Gasteiger partial charge in [0.1, 0.15) is 5.75 Å². The number of carbonyl (C=O) groups is 3.